The minimum atomic E-state index is 0.0775. The summed E-state index contributed by atoms with van der Waals surface area (Å²) in [7, 11) is 0. The van der Waals surface area contributed by atoms with E-state index in [0.717, 1.165) is 5.56 Å². The monoisotopic (exact) mass is 200 g/mol. The van der Waals surface area contributed by atoms with E-state index in [2.05, 4.69) is 15.9 Å². The lowest BCUT2D eigenvalue weighted by Crippen LogP contribution is -1.93. The van der Waals surface area contributed by atoms with Crippen LogP contribution in [0, 0.1) is 0 Å². The second-order valence-electron chi connectivity index (χ2n) is 2.06. The Morgan fingerprint density at radius 3 is 2.40 bits per heavy atom. The van der Waals surface area contributed by atoms with Crippen molar-refractivity contribution in [2.45, 2.75) is 4.83 Å². The number of halogens is 1. The number of hydrogen-bond donors (Lipinski definition) is 1. The van der Waals surface area contributed by atoms with Crippen LogP contribution in [0.2, 0.25) is 0 Å². The molecule has 0 aliphatic carbocycles. The van der Waals surface area contributed by atoms with Gasteiger partial charge in [0.15, 0.2) is 0 Å². The Morgan fingerprint density at radius 2 is 1.90 bits per heavy atom. The average molecular weight is 201 g/mol. The van der Waals surface area contributed by atoms with Gasteiger partial charge in [-0.25, -0.2) is 0 Å². The van der Waals surface area contributed by atoms with Crippen LogP contribution in [0.5, 0.6) is 0 Å². The molecule has 1 atom stereocenters. The molecule has 1 unspecified atom stereocenters. The van der Waals surface area contributed by atoms with Crippen molar-refractivity contribution in [3.63, 3.8) is 0 Å². The molecule has 1 nitrogen and oxygen atoms in total. The Bertz CT molecular complexity index is 186. The number of aliphatic hydroxyl groups excluding tert-OH is 1. The van der Waals surface area contributed by atoms with E-state index in [4.69, 9.17) is 5.11 Å². The van der Waals surface area contributed by atoms with Gasteiger partial charge < -0.3 is 5.11 Å². The minimum absolute atomic E-state index is 0.0775. The number of aliphatic hydroxyl groups is 1. The highest BCUT2D eigenvalue weighted by Crippen LogP contribution is 2.20. The van der Waals surface area contributed by atoms with Gasteiger partial charge in [0, 0.05) is 0 Å². The van der Waals surface area contributed by atoms with E-state index in [1.165, 1.54) is 0 Å². The fourth-order valence-electron chi connectivity index (χ4n) is 0.767. The van der Waals surface area contributed by atoms with E-state index < -0.39 is 0 Å². The second-order valence-corrected chi connectivity index (χ2v) is 3.17. The first-order valence-electron chi connectivity index (χ1n) is 3.14. The van der Waals surface area contributed by atoms with E-state index in [1.54, 1.807) is 0 Å². The molecular formula is C8H9BrO. The molecule has 0 aromatic heterocycles. The van der Waals surface area contributed by atoms with Crippen molar-refractivity contribution < 1.29 is 5.11 Å². The molecule has 54 valence electrons. The molecule has 10 heavy (non-hydrogen) atoms. The molecule has 0 amide bonds. The van der Waals surface area contributed by atoms with Gasteiger partial charge in [0.05, 0.1) is 11.4 Å². The molecule has 2 heteroatoms. The third kappa shape index (κ3) is 1.82. The summed E-state index contributed by atoms with van der Waals surface area (Å²) < 4.78 is 0. The summed E-state index contributed by atoms with van der Waals surface area (Å²) in [6, 6.07) is 9.84. The van der Waals surface area contributed by atoms with Crippen molar-refractivity contribution in [2.24, 2.45) is 0 Å². The van der Waals surface area contributed by atoms with Crippen molar-refractivity contribution in [1.29, 1.82) is 0 Å². The van der Waals surface area contributed by atoms with Gasteiger partial charge in [-0.1, -0.05) is 46.3 Å². The third-order valence-corrected chi connectivity index (χ3v) is 2.14. The van der Waals surface area contributed by atoms with Gasteiger partial charge in [0.1, 0.15) is 0 Å². The van der Waals surface area contributed by atoms with Crippen molar-refractivity contribution in [2.75, 3.05) is 6.61 Å². The Morgan fingerprint density at radius 1 is 1.30 bits per heavy atom. The number of hydrogen-bond acceptors (Lipinski definition) is 1. The summed E-state index contributed by atoms with van der Waals surface area (Å²) in [5.74, 6) is 0. The van der Waals surface area contributed by atoms with Gasteiger partial charge in [-0.2, -0.15) is 0 Å². The lowest BCUT2D eigenvalue weighted by Gasteiger charge is -2.03. The van der Waals surface area contributed by atoms with Gasteiger partial charge in [-0.05, 0) is 5.56 Å². The van der Waals surface area contributed by atoms with Gasteiger partial charge in [0.25, 0.3) is 0 Å². The first-order valence-corrected chi connectivity index (χ1v) is 4.06. The SMILES string of the molecule is OCC(Br)c1ccccc1. The second kappa shape index (κ2) is 3.74. The van der Waals surface area contributed by atoms with Crippen LogP contribution in [0.25, 0.3) is 0 Å². The zero-order valence-electron chi connectivity index (χ0n) is 5.50. The van der Waals surface area contributed by atoms with Crippen LogP contribution in [0.15, 0.2) is 30.3 Å². The molecule has 1 rings (SSSR count). The van der Waals surface area contributed by atoms with Crippen molar-refractivity contribution >= 4 is 15.9 Å². The maximum absolute atomic E-state index is 8.74. The van der Waals surface area contributed by atoms with E-state index in [1.807, 2.05) is 30.3 Å². The molecule has 1 aromatic rings. The zero-order chi connectivity index (χ0) is 7.40. The highest BCUT2D eigenvalue weighted by Gasteiger charge is 2.02. The maximum Gasteiger partial charge on any atom is 0.0626 e. The van der Waals surface area contributed by atoms with Crippen LogP contribution in [-0.4, -0.2) is 11.7 Å². The predicted molar refractivity (Wildman–Crippen MR) is 45.2 cm³/mol. The Balaban J connectivity index is 2.75. The first-order chi connectivity index (χ1) is 4.84. The van der Waals surface area contributed by atoms with Crippen molar-refractivity contribution in [1.82, 2.24) is 0 Å². The standard InChI is InChI=1S/C8H9BrO/c9-8(6-10)7-4-2-1-3-5-7/h1-5,8,10H,6H2. The van der Waals surface area contributed by atoms with Crippen molar-refractivity contribution in [3.05, 3.63) is 35.9 Å². The summed E-state index contributed by atoms with van der Waals surface area (Å²) in [6.45, 7) is 0.143. The van der Waals surface area contributed by atoms with Crippen LogP contribution < -0.4 is 0 Å². The van der Waals surface area contributed by atoms with Gasteiger partial charge in [-0.15, -0.1) is 0 Å². The predicted octanol–water partition coefficient (Wildman–Crippen LogP) is 2.11. The van der Waals surface area contributed by atoms with Gasteiger partial charge in [-0.3, -0.25) is 0 Å². The normalized spacial score (nSPS) is 13.0. The molecule has 0 saturated carbocycles. The first kappa shape index (κ1) is 7.76. The van der Waals surface area contributed by atoms with Crippen LogP contribution in [0.1, 0.15) is 10.4 Å². The quantitative estimate of drug-likeness (QED) is 0.726. The molecule has 0 radical (unpaired) electrons. The number of rotatable bonds is 2. The smallest absolute Gasteiger partial charge is 0.0626 e. The number of alkyl halides is 1. The van der Waals surface area contributed by atoms with E-state index in [9.17, 15) is 0 Å². The van der Waals surface area contributed by atoms with E-state index in [0.29, 0.717) is 0 Å². The third-order valence-electron chi connectivity index (χ3n) is 1.32. The molecule has 0 spiro atoms. The van der Waals surface area contributed by atoms with Crippen LogP contribution in [-0.2, 0) is 0 Å². The summed E-state index contributed by atoms with van der Waals surface area (Å²) >= 11 is 3.33. The highest BCUT2D eigenvalue weighted by atomic mass is 79.9. The van der Waals surface area contributed by atoms with E-state index in [-0.39, 0.29) is 11.4 Å². The fraction of sp³-hybridized carbons (Fsp3) is 0.250. The Hall–Kier alpha value is -0.340. The molecule has 0 heterocycles. The average Bonchev–Trinajstić information content (AvgIpc) is 2.05. The lowest BCUT2D eigenvalue weighted by atomic mass is 10.2. The Kier molecular flexibility index (Phi) is 2.90. The summed E-state index contributed by atoms with van der Waals surface area (Å²) in [5, 5.41) is 8.74. The molecular weight excluding hydrogens is 192 g/mol. The lowest BCUT2D eigenvalue weighted by molar-refractivity contribution is 0.298. The molecule has 0 aliphatic heterocycles. The molecule has 0 saturated heterocycles. The highest BCUT2D eigenvalue weighted by molar-refractivity contribution is 9.09. The van der Waals surface area contributed by atoms with Gasteiger partial charge >= 0.3 is 0 Å². The van der Waals surface area contributed by atoms with Gasteiger partial charge in [0.2, 0.25) is 0 Å². The minimum Gasteiger partial charge on any atom is -0.395 e. The molecule has 1 aromatic carbocycles. The van der Waals surface area contributed by atoms with Crippen LogP contribution in [0.3, 0.4) is 0 Å². The molecule has 0 bridgehead atoms. The molecule has 0 aliphatic rings. The topological polar surface area (TPSA) is 20.2 Å². The van der Waals surface area contributed by atoms with E-state index >= 15 is 0 Å². The summed E-state index contributed by atoms with van der Waals surface area (Å²) in [4.78, 5) is 0.0775. The molecule has 0 fully saturated rings. The largest absolute Gasteiger partial charge is 0.395 e. The summed E-state index contributed by atoms with van der Waals surface area (Å²) in [5.41, 5.74) is 1.12. The Labute approximate surface area is 68.8 Å². The maximum atomic E-state index is 8.74. The summed E-state index contributed by atoms with van der Waals surface area (Å²) in [6.07, 6.45) is 0. The van der Waals surface area contributed by atoms with Crippen LogP contribution in [0.4, 0.5) is 0 Å². The van der Waals surface area contributed by atoms with Crippen LogP contribution >= 0.6 is 15.9 Å². The van der Waals surface area contributed by atoms with Crippen molar-refractivity contribution in [3.8, 4) is 0 Å². The number of benzene rings is 1. The molecule has 1 N–H and O–H groups in total. The zero-order valence-corrected chi connectivity index (χ0v) is 7.08. The fourth-order valence-corrected chi connectivity index (χ4v) is 1.07.